The van der Waals surface area contributed by atoms with Gasteiger partial charge in [0.25, 0.3) is 0 Å². The van der Waals surface area contributed by atoms with Gasteiger partial charge in [-0.05, 0) is 18.6 Å². The van der Waals surface area contributed by atoms with Crippen molar-refractivity contribution in [1.82, 2.24) is 15.5 Å². The van der Waals surface area contributed by atoms with Gasteiger partial charge in [0.15, 0.2) is 17.3 Å². The molecule has 0 bridgehead atoms. The van der Waals surface area contributed by atoms with Crippen molar-refractivity contribution in [1.29, 1.82) is 0 Å². The predicted molar refractivity (Wildman–Crippen MR) is 86.9 cm³/mol. The van der Waals surface area contributed by atoms with Crippen LogP contribution in [-0.2, 0) is 9.53 Å². The number of hydrogen-bond donors (Lipinski definition) is 2. The molecular weight excluding hydrogens is 329 g/mol. The van der Waals surface area contributed by atoms with Crippen LogP contribution >= 0.6 is 0 Å². The summed E-state index contributed by atoms with van der Waals surface area (Å²) in [6, 6.07) is 5.98. The second-order valence-corrected chi connectivity index (χ2v) is 5.68. The molecule has 1 aromatic carbocycles. The number of carbonyl (C=O) groups is 1. The van der Waals surface area contributed by atoms with Crippen molar-refractivity contribution in [3.05, 3.63) is 42.5 Å². The van der Waals surface area contributed by atoms with E-state index < -0.39 is 5.82 Å². The smallest absolute Gasteiger partial charge is 0.220 e. The van der Waals surface area contributed by atoms with Gasteiger partial charge in [0.1, 0.15) is 6.10 Å². The van der Waals surface area contributed by atoms with Gasteiger partial charge in [0, 0.05) is 6.42 Å². The highest BCUT2D eigenvalue weighted by Crippen LogP contribution is 2.17. The summed E-state index contributed by atoms with van der Waals surface area (Å²) < 4.78 is 29.8. The molecule has 25 heavy (non-hydrogen) atoms. The van der Waals surface area contributed by atoms with Crippen LogP contribution in [0, 0.1) is 5.82 Å². The lowest BCUT2D eigenvalue weighted by molar-refractivity contribution is -0.122. The van der Waals surface area contributed by atoms with E-state index >= 15 is 0 Å². The van der Waals surface area contributed by atoms with Crippen LogP contribution in [0.15, 0.2) is 36.7 Å². The summed E-state index contributed by atoms with van der Waals surface area (Å²) in [5.41, 5.74) is 0. The Labute approximate surface area is 144 Å². The van der Waals surface area contributed by atoms with Crippen molar-refractivity contribution < 1.29 is 23.4 Å². The van der Waals surface area contributed by atoms with Crippen molar-refractivity contribution in [3.63, 3.8) is 0 Å². The molecule has 0 spiro atoms. The van der Waals surface area contributed by atoms with Crippen LogP contribution in [0.4, 0.5) is 4.39 Å². The number of nitrogens with zero attached hydrogens (tertiary/aromatic N) is 1. The minimum absolute atomic E-state index is 0.117. The topological polar surface area (TPSA) is 85.5 Å². The molecule has 3 rings (SSSR count). The Balaban J connectivity index is 1.37. The summed E-state index contributed by atoms with van der Waals surface area (Å²) in [4.78, 5) is 12.1. The van der Waals surface area contributed by atoms with Crippen molar-refractivity contribution in [2.24, 2.45) is 0 Å². The fourth-order valence-electron chi connectivity index (χ4n) is 2.52. The predicted octanol–water partition coefficient (Wildman–Crippen LogP) is 1.67. The number of aromatic amines is 1. The fourth-order valence-corrected chi connectivity index (χ4v) is 2.52. The molecule has 0 aliphatic carbocycles. The standard InChI is InChI=1S/C17H20FN3O4/c18-13-4-1-2-5-15(13)24-7-3-6-17(22)21-14-10-23-11-16(14)25-12-8-19-20-9-12/h1-2,4-5,8-9,14,16H,3,6-7,10-11H2,(H,19,20)(H,21,22)/t14-,16+/m0/s1. The van der Waals surface area contributed by atoms with Crippen LogP contribution in [-0.4, -0.2) is 48.1 Å². The number of rotatable bonds is 8. The van der Waals surface area contributed by atoms with E-state index in [0.717, 1.165) is 0 Å². The Morgan fingerprint density at radius 2 is 2.28 bits per heavy atom. The number of amides is 1. The van der Waals surface area contributed by atoms with Gasteiger partial charge < -0.3 is 19.5 Å². The molecule has 0 radical (unpaired) electrons. The number of benzene rings is 1. The number of halogens is 1. The first-order chi connectivity index (χ1) is 12.2. The number of aromatic nitrogens is 2. The van der Waals surface area contributed by atoms with Gasteiger partial charge in [-0.1, -0.05) is 12.1 Å². The van der Waals surface area contributed by atoms with Gasteiger partial charge in [-0.25, -0.2) is 4.39 Å². The molecule has 1 fully saturated rings. The third-order valence-electron chi connectivity index (χ3n) is 3.78. The fraction of sp³-hybridized carbons (Fsp3) is 0.412. The summed E-state index contributed by atoms with van der Waals surface area (Å²) in [7, 11) is 0. The van der Waals surface area contributed by atoms with Crippen LogP contribution in [0.2, 0.25) is 0 Å². The molecule has 1 saturated heterocycles. The van der Waals surface area contributed by atoms with Crippen molar-refractivity contribution in [2.75, 3.05) is 19.8 Å². The molecule has 1 aliphatic heterocycles. The molecule has 1 aliphatic rings. The SMILES string of the molecule is O=C(CCCOc1ccccc1F)N[C@H]1COC[C@H]1Oc1cn[nH]c1. The van der Waals surface area contributed by atoms with Crippen LogP contribution in [0.1, 0.15) is 12.8 Å². The van der Waals surface area contributed by atoms with Gasteiger partial charge in [-0.15, -0.1) is 0 Å². The maximum atomic E-state index is 13.4. The zero-order chi connectivity index (χ0) is 17.5. The van der Waals surface area contributed by atoms with Gasteiger partial charge in [-0.3, -0.25) is 9.89 Å². The van der Waals surface area contributed by atoms with Gasteiger partial charge in [0.05, 0.1) is 38.3 Å². The minimum atomic E-state index is -0.408. The monoisotopic (exact) mass is 349 g/mol. The molecule has 2 aromatic rings. The Hall–Kier alpha value is -2.61. The lowest BCUT2D eigenvalue weighted by Gasteiger charge is -2.19. The van der Waals surface area contributed by atoms with E-state index in [-0.39, 0.29) is 36.8 Å². The average Bonchev–Trinajstić information content (AvgIpc) is 3.26. The first-order valence-corrected chi connectivity index (χ1v) is 8.12. The maximum Gasteiger partial charge on any atom is 0.220 e. The third kappa shape index (κ3) is 4.93. The molecule has 1 aromatic heterocycles. The number of para-hydroxylation sites is 1. The van der Waals surface area contributed by atoms with E-state index in [1.54, 1.807) is 30.6 Å². The van der Waals surface area contributed by atoms with E-state index in [4.69, 9.17) is 14.2 Å². The average molecular weight is 349 g/mol. The first kappa shape index (κ1) is 17.2. The lowest BCUT2D eigenvalue weighted by Crippen LogP contribution is -2.45. The largest absolute Gasteiger partial charge is 0.491 e. The van der Waals surface area contributed by atoms with Gasteiger partial charge >= 0.3 is 0 Å². The molecular formula is C17H20FN3O4. The van der Waals surface area contributed by atoms with Crippen LogP contribution < -0.4 is 14.8 Å². The number of nitrogens with one attached hydrogen (secondary N) is 2. The molecule has 2 heterocycles. The highest BCUT2D eigenvalue weighted by Gasteiger charge is 2.31. The summed E-state index contributed by atoms with van der Waals surface area (Å²) in [6.07, 6.45) is 3.72. The summed E-state index contributed by atoms with van der Waals surface area (Å²) >= 11 is 0. The Bertz CT molecular complexity index is 680. The van der Waals surface area contributed by atoms with Crippen LogP contribution in [0.3, 0.4) is 0 Å². The molecule has 7 nitrogen and oxygen atoms in total. The molecule has 1 amide bonds. The zero-order valence-corrected chi connectivity index (χ0v) is 13.6. The Morgan fingerprint density at radius 3 is 3.08 bits per heavy atom. The number of hydrogen-bond acceptors (Lipinski definition) is 5. The second-order valence-electron chi connectivity index (χ2n) is 5.68. The number of H-pyrrole nitrogens is 1. The van der Waals surface area contributed by atoms with E-state index in [1.165, 1.54) is 6.07 Å². The molecule has 2 N–H and O–H groups in total. The summed E-state index contributed by atoms with van der Waals surface area (Å²) in [5.74, 6) is 0.274. The van der Waals surface area contributed by atoms with Crippen molar-refractivity contribution >= 4 is 5.91 Å². The molecule has 0 unspecified atom stereocenters. The summed E-state index contributed by atoms with van der Waals surface area (Å²) in [5, 5.41) is 9.38. The van der Waals surface area contributed by atoms with Gasteiger partial charge in [-0.2, -0.15) is 5.10 Å². The molecule has 134 valence electrons. The number of ether oxygens (including phenoxy) is 3. The van der Waals surface area contributed by atoms with E-state index in [2.05, 4.69) is 15.5 Å². The van der Waals surface area contributed by atoms with Crippen molar-refractivity contribution in [3.8, 4) is 11.5 Å². The Morgan fingerprint density at radius 1 is 1.40 bits per heavy atom. The first-order valence-electron chi connectivity index (χ1n) is 8.12. The lowest BCUT2D eigenvalue weighted by atomic mass is 10.2. The Kier molecular flexibility index (Phi) is 5.84. The van der Waals surface area contributed by atoms with E-state index in [1.807, 2.05) is 0 Å². The summed E-state index contributed by atoms with van der Waals surface area (Å²) in [6.45, 7) is 1.08. The normalized spacial score (nSPS) is 19.6. The molecule has 0 saturated carbocycles. The molecule has 2 atom stereocenters. The van der Waals surface area contributed by atoms with Crippen LogP contribution in [0.5, 0.6) is 11.5 Å². The molecule has 8 heteroatoms. The quantitative estimate of drug-likeness (QED) is 0.708. The highest BCUT2D eigenvalue weighted by atomic mass is 19.1. The minimum Gasteiger partial charge on any atom is -0.491 e. The zero-order valence-electron chi connectivity index (χ0n) is 13.6. The highest BCUT2D eigenvalue weighted by molar-refractivity contribution is 5.76. The maximum absolute atomic E-state index is 13.4. The van der Waals surface area contributed by atoms with Crippen LogP contribution in [0.25, 0.3) is 0 Å². The van der Waals surface area contributed by atoms with E-state index in [0.29, 0.717) is 25.4 Å². The third-order valence-corrected chi connectivity index (χ3v) is 3.78. The number of carbonyl (C=O) groups excluding carboxylic acids is 1. The van der Waals surface area contributed by atoms with Crippen molar-refractivity contribution in [2.45, 2.75) is 25.0 Å². The van der Waals surface area contributed by atoms with Gasteiger partial charge in [0.2, 0.25) is 5.91 Å². The van der Waals surface area contributed by atoms with E-state index in [9.17, 15) is 9.18 Å². The second kappa shape index (κ2) is 8.48.